The Morgan fingerprint density at radius 1 is 1.25 bits per heavy atom. The standard InChI is InChI=1S/C14H12F2N2O2/c1-8-5-14(20)18(9(2)17-8)7-13(19)11-6-10(15)3-4-12(11)16/h3-6H,7H2,1-2H3. The summed E-state index contributed by atoms with van der Waals surface area (Å²) >= 11 is 0. The molecule has 0 atom stereocenters. The molecule has 0 bridgehead atoms. The number of carbonyl (C=O) groups is 1. The minimum atomic E-state index is -0.817. The van der Waals surface area contributed by atoms with E-state index in [-0.39, 0.29) is 12.1 Å². The van der Waals surface area contributed by atoms with Gasteiger partial charge in [-0.1, -0.05) is 0 Å². The molecule has 0 spiro atoms. The highest BCUT2D eigenvalue weighted by atomic mass is 19.1. The van der Waals surface area contributed by atoms with Crippen LogP contribution in [0, 0.1) is 25.5 Å². The largest absolute Gasteiger partial charge is 0.292 e. The van der Waals surface area contributed by atoms with Gasteiger partial charge < -0.3 is 0 Å². The monoisotopic (exact) mass is 278 g/mol. The first-order valence-corrected chi connectivity index (χ1v) is 5.92. The molecular formula is C14H12F2N2O2. The summed E-state index contributed by atoms with van der Waals surface area (Å²) in [5.41, 5.74) is -0.245. The van der Waals surface area contributed by atoms with Crippen molar-refractivity contribution >= 4 is 5.78 Å². The van der Waals surface area contributed by atoms with Gasteiger partial charge in [0.1, 0.15) is 17.5 Å². The molecule has 0 aliphatic rings. The van der Waals surface area contributed by atoms with Gasteiger partial charge in [-0.15, -0.1) is 0 Å². The fourth-order valence-electron chi connectivity index (χ4n) is 1.90. The summed E-state index contributed by atoms with van der Waals surface area (Å²) < 4.78 is 27.7. The van der Waals surface area contributed by atoms with Crippen molar-refractivity contribution in [3.63, 3.8) is 0 Å². The molecule has 0 aliphatic heterocycles. The SMILES string of the molecule is Cc1cc(=O)n(CC(=O)c2cc(F)ccc2F)c(C)n1. The average Bonchev–Trinajstić information content (AvgIpc) is 2.36. The van der Waals surface area contributed by atoms with Crippen molar-refractivity contribution in [1.82, 2.24) is 9.55 Å². The molecule has 0 saturated carbocycles. The van der Waals surface area contributed by atoms with Crippen molar-refractivity contribution in [3.05, 3.63) is 63.3 Å². The number of Topliss-reactive ketones (excluding diaryl/α,β-unsaturated/α-hetero) is 1. The van der Waals surface area contributed by atoms with Crippen molar-refractivity contribution in [2.45, 2.75) is 20.4 Å². The number of aryl methyl sites for hydroxylation is 2. The Bertz CT molecular complexity index is 738. The third-order valence-electron chi connectivity index (χ3n) is 2.86. The maximum Gasteiger partial charge on any atom is 0.254 e. The number of nitrogens with zero attached hydrogens (tertiary/aromatic N) is 2. The van der Waals surface area contributed by atoms with Crippen molar-refractivity contribution < 1.29 is 13.6 Å². The molecule has 0 N–H and O–H groups in total. The van der Waals surface area contributed by atoms with Crippen LogP contribution < -0.4 is 5.56 Å². The quantitative estimate of drug-likeness (QED) is 0.807. The van der Waals surface area contributed by atoms with E-state index in [0.29, 0.717) is 11.5 Å². The first-order chi connectivity index (χ1) is 9.38. The molecular weight excluding hydrogens is 266 g/mol. The van der Waals surface area contributed by atoms with Crippen molar-refractivity contribution in [2.75, 3.05) is 0 Å². The third kappa shape index (κ3) is 2.79. The lowest BCUT2D eigenvalue weighted by atomic mass is 10.1. The summed E-state index contributed by atoms with van der Waals surface area (Å²) in [5.74, 6) is -1.86. The van der Waals surface area contributed by atoms with E-state index >= 15 is 0 Å². The Morgan fingerprint density at radius 2 is 1.95 bits per heavy atom. The highest BCUT2D eigenvalue weighted by Crippen LogP contribution is 2.11. The lowest BCUT2D eigenvalue weighted by molar-refractivity contribution is 0.0965. The van der Waals surface area contributed by atoms with Gasteiger partial charge in [0.2, 0.25) is 0 Å². The maximum atomic E-state index is 13.5. The van der Waals surface area contributed by atoms with E-state index in [0.717, 1.165) is 22.8 Å². The fourth-order valence-corrected chi connectivity index (χ4v) is 1.90. The third-order valence-corrected chi connectivity index (χ3v) is 2.86. The molecule has 1 heterocycles. The van der Waals surface area contributed by atoms with E-state index in [1.165, 1.54) is 6.07 Å². The molecule has 0 radical (unpaired) electrons. The second kappa shape index (κ2) is 5.32. The number of benzene rings is 1. The van der Waals surface area contributed by atoms with Crippen LogP contribution >= 0.6 is 0 Å². The molecule has 6 heteroatoms. The fraction of sp³-hybridized carbons (Fsp3) is 0.214. The molecule has 0 saturated heterocycles. The van der Waals surface area contributed by atoms with Gasteiger partial charge in [-0.05, 0) is 32.0 Å². The van der Waals surface area contributed by atoms with E-state index in [9.17, 15) is 18.4 Å². The lowest BCUT2D eigenvalue weighted by Gasteiger charge is -2.09. The zero-order chi connectivity index (χ0) is 14.9. The second-order valence-corrected chi connectivity index (χ2v) is 4.42. The minimum Gasteiger partial charge on any atom is -0.292 e. The van der Waals surface area contributed by atoms with E-state index in [2.05, 4.69) is 4.98 Å². The maximum absolute atomic E-state index is 13.5. The van der Waals surface area contributed by atoms with Crippen LogP contribution in [0.4, 0.5) is 8.78 Å². The van der Waals surface area contributed by atoms with E-state index in [4.69, 9.17) is 0 Å². The summed E-state index contributed by atoms with van der Waals surface area (Å²) in [6, 6.07) is 3.91. The predicted octanol–water partition coefficient (Wildman–Crippen LogP) is 2.02. The molecule has 0 fully saturated rings. The number of rotatable bonds is 3. The number of aromatic nitrogens is 2. The summed E-state index contributed by atoms with van der Waals surface area (Å²) in [7, 11) is 0. The summed E-state index contributed by atoms with van der Waals surface area (Å²) in [4.78, 5) is 27.8. The normalized spacial score (nSPS) is 10.6. The first-order valence-electron chi connectivity index (χ1n) is 5.92. The van der Waals surface area contributed by atoms with Gasteiger partial charge in [0.25, 0.3) is 5.56 Å². The smallest absolute Gasteiger partial charge is 0.254 e. The Hall–Kier alpha value is -2.37. The zero-order valence-electron chi connectivity index (χ0n) is 11.0. The molecule has 1 aromatic carbocycles. The molecule has 1 aromatic heterocycles. The van der Waals surface area contributed by atoms with Crippen molar-refractivity contribution in [3.8, 4) is 0 Å². The number of carbonyl (C=O) groups excluding carboxylic acids is 1. The van der Waals surface area contributed by atoms with Crippen LogP contribution in [-0.2, 0) is 6.54 Å². The van der Waals surface area contributed by atoms with Gasteiger partial charge >= 0.3 is 0 Å². The molecule has 0 amide bonds. The van der Waals surface area contributed by atoms with E-state index in [1.807, 2.05) is 0 Å². The topological polar surface area (TPSA) is 52.0 Å². The highest BCUT2D eigenvalue weighted by Gasteiger charge is 2.15. The van der Waals surface area contributed by atoms with Gasteiger partial charge in [-0.2, -0.15) is 0 Å². The molecule has 2 aromatic rings. The molecule has 104 valence electrons. The van der Waals surface area contributed by atoms with Gasteiger partial charge in [-0.25, -0.2) is 13.8 Å². The zero-order valence-corrected chi connectivity index (χ0v) is 11.0. The lowest BCUT2D eigenvalue weighted by Crippen LogP contribution is -2.27. The number of ketones is 1. The molecule has 2 rings (SSSR count). The average molecular weight is 278 g/mol. The molecule has 20 heavy (non-hydrogen) atoms. The highest BCUT2D eigenvalue weighted by molar-refractivity contribution is 5.96. The van der Waals surface area contributed by atoms with Crippen LogP contribution in [0.2, 0.25) is 0 Å². The van der Waals surface area contributed by atoms with Gasteiger partial charge in [0.05, 0.1) is 12.1 Å². The van der Waals surface area contributed by atoms with Crippen LogP contribution in [-0.4, -0.2) is 15.3 Å². The Kier molecular flexibility index (Phi) is 3.74. The van der Waals surface area contributed by atoms with E-state index in [1.54, 1.807) is 13.8 Å². The summed E-state index contributed by atoms with van der Waals surface area (Å²) in [6.45, 7) is 2.86. The molecule has 0 unspecified atom stereocenters. The van der Waals surface area contributed by atoms with Gasteiger partial charge in [0, 0.05) is 11.8 Å². The first kappa shape index (κ1) is 14.0. The van der Waals surface area contributed by atoms with Crippen LogP contribution in [0.25, 0.3) is 0 Å². The Balaban J connectivity index is 2.38. The van der Waals surface area contributed by atoms with Crippen molar-refractivity contribution in [1.29, 1.82) is 0 Å². The Morgan fingerprint density at radius 3 is 2.60 bits per heavy atom. The molecule has 4 nitrogen and oxygen atoms in total. The van der Waals surface area contributed by atoms with Crippen LogP contribution in [0.15, 0.2) is 29.1 Å². The number of hydrogen-bond donors (Lipinski definition) is 0. The second-order valence-electron chi connectivity index (χ2n) is 4.42. The molecule has 0 aliphatic carbocycles. The van der Waals surface area contributed by atoms with Crippen LogP contribution in [0.5, 0.6) is 0 Å². The van der Waals surface area contributed by atoms with Gasteiger partial charge in [-0.3, -0.25) is 14.2 Å². The number of halogens is 2. The Labute approximate surface area is 113 Å². The van der Waals surface area contributed by atoms with Crippen LogP contribution in [0.3, 0.4) is 0 Å². The summed E-state index contributed by atoms with van der Waals surface area (Å²) in [6.07, 6.45) is 0. The van der Waals surface area contributed by atoms with Gasteiger partial charge in [0.15, 0.2) is 5.78 Å². The predicted molar refractivity (Wildman–Crippen MR) is 68.7 cm³/mol. The van der Waals surface area contributed by atoms with E-state index < -0.39 is 23.0 Å². The minimum absolute atomic E-state index is 0.347. The van der Waals surface area contributed by atoms with Crippen LogP contribution in [0.1, 0.15) is 21.9 Å². The number of hydrogen-bond acceptors (Lipinski definition) is 3. The summed E-state index contributed by atoms with van der Waals surface area (Å²) in [5, 5.41) is 0. The van der Waals surface area contributed by atoms with Crippen molar-refractivity contribution in [2.24, 2.45) is 0 Å².